The van der Waals surface area contributed by atoms with Gasteiger partial charge in [-0.2, -0.15) is 0 Å². The lowest BCUT2D eigenvalue weighted by Gasteiger charge is -2.29. The first-order valence-corrected chi connectivity index (χ1v) is 11.2. The molecule has 2 aromatic carbocycles. The fraction of sp³-hybridized carbons (Fsp3) is 0.462. The van der Waals surface area contributed by atoms with E-state index in [0.717, 1.165) is 17.7 Å². The van der Waals surface area contributed by atoms with Gasteiger partial charge in [0, 0.05) is 12.6 Å². The van der Waals surface area contributed by atoms with Gasteiger partial charge in [0.1, 0.15) is 17.5 Å². The molecular weight excluding hydrogens is 404 g/mol. The van der Waals surface area contributed by atoms with E-state index in [-0.39, 0.29) is 24.5 Å². The number of nitrogens with one attached hydrogen (secondary N) is 1. The van der Waals surface area contributed by atoms with Crippen molar-refractivity contribution in [3.63, 3.8) is 0 Å². The number of carbonyl (C=O) groups is 2. The maximum atomic E-state index is 13.1. The third-order valence-electron chi connectivity index (χ3n) is 5.59. The highest BCUT2D eigenvalue weighted by Gasteiger charge is 2.27. The lowest BCUT2D eigenvalue weighted by atomic mass is 10.0. The zero-order valence-corrected chi connectivity index (χ0v) is 20.1. The van der Waals surface area contributed by atoms with Crippen molar-refractivity contribution < 1.29 is 19.1 Å². The van der Waals surface area contributed by atoms with Gasteiger partial charge >= 0.3 is 0 Å². The average Bonchev–Trinajstić information content (AvgIpc) is 2.80. The van der Waals surface area contributed by atoms with Crippen LogP contribution in [-0.4, -0.2) is 42.5 Å². The quantitative estimate of drug-likeness (QED) is 0.557. The van der Waals surface area contributed by atoms with Gasteiger partial charge in [-0.3, -0.25) is 9.59 Å². The zero-order chi connectivity index (χ0) is 23.7. The normalized spacial score (nSPS) is 12.7. The molecule has 174 valence electrons. The Bertz CT molecular complexity index is 862. The van der Waals surface area contributed by atoms with E-state index in [2.05, 4.69) is 19.2 Å². The number of amides is 2. The van der Waals surface area contributed by atoms with Crippen molar-refractivity contribution in [3.05, 3.63) is 59.7 Å². The summed E-state index contributed by atoms with van der Waals surface area (Å²) in [5.41, 5.74) is 2.11. The van der Waals surface area contributed by atoms with E-state index >= 15 is 0 Å². The molecule has 0 unspecified atom stereocenters. The fourth-order valence-corrected chi connectivity index (χ4v) is 3.15. The fourth-order valence-electron chi connectivity index (χ4n) is 3.15. The van der Waals surface area contributed by atoms with E-state index in [1.54, 1.807) is 18.9 Å². The molecule has 0 fully saturated rings. The number of carbonyl (C=O) groups excluding carboxylic acids is 2. The van der Waals surface area contributed by atoms with Crippen LogP contribution in [0.3, 0.4) is 0 Å². The summed E-state index contributed by atoms with van der Waals surface area (Å²) >= 11 is 0. The van der Waals surface area contributed by atoms with Crippen molar-refractivity contribution >= 4 is 11.8 Å². The standard InChI is InChI=1S/C26H36N2O4/c1-7-19(4)27-26(30)20(5)28(16-21-8-12-23(31-6)13-9-21)25(29)17-32-24-14-10-22(11-15-24)18(2)3/h8-15,18-20H,7,16-17H2,1-6H3,(H,27,30)/t19-,20-/m0/s1. The van der Waals surface area contributed by atoms with Crippen LogP contribution in [-0.2, 0) is 16.1 Å². The van der Waals surface area contributed by atoms with Crippen molar-refractivity contribution in [2.24, 2.45) is 0 Å². The molecule has 0 bridgehead atoms. The maximum Gasteiger partial charge on any atom is 0.261 e. The van der Waals surface area contributed by atoms with Crippen LogP contribution in [0, 0.1) is 0 Å². The SMILES string of the molecule is CC[C@H](C)NC(=O)[C@H](C)N(Cc1ccc(OC)cc1)C(=O)COc1ccc(C(C)C)cc1. The molecule has 2 rings (SSSR count). The minimum atomic E-state index is -0.634. The summed E-state index contributed by atoms with van der Waals surface area (Å²) in [5, 5.41) is 2.97. The molecule has 2 aromatic rings. The summed E-state index contributed by atoms with van der Waals surface area (Å²) in [4.78, 5) is 27.4. The first-order chi connectivity index (χ1) is 15.2. The molecule has 0 heterocycles. The minimum absolute atomic E-state index is 0.0404. The largest absolute Gasteiger partial charge is 0.497 e. The van der Waals surface area contributed by atoms with Crippen LogP contribution in [0.5, 0.6) is 11.5 Å². The van der Waals surface area contributed by atoms with Crippen LogP contribution < -0.4 is 14.8 Å². The molecule has 0 aliphatic heterocycles. The number of methoxy groups -OCH3 is 1. The van der Waals surface area contributed by atoms with Gasteiger partial charge in [0.25, 0.3) is 5.91 Å². The highest BCUT2D eigenvalue weighted by atomic mass is 16.5. The van der Waals surface area contributed by atoms with Gasteiger partial charge in [-0.1, -0.05) is 45.0 Å². The summed E-state index contributed by atoms with van der Waals surface area (Å²) in [6.07, 6.45) is 0.820. The van der Waals surface area contributed by atoms with Crippen molar-refractivity contribution in [1.29, 1.82) is 0 Å². The molecule has 1 N–H and O–H groups in total. The number of nitrogens with zero attached hydrogens (tertiary/aromatic N) is 1. The average molecular weight is 441 g/mol. The Kier molecular flexibility index (Phi) is 9.57. The third-order valence-corrected chi connectivity index (χ3v) is 5.59. The molecule has 32 heavy (non-hydrogen) atoms. The van der Waals surface area contributed by atoms with Crippen molar-refractivity contribution in [3.8, 4) is 11.5 Å². The van der Waals surface area contributed by atoms with Gasteiger partial charge in [-0.15, -0.1) is 0 Å². The van der Waals surface area contributed by atoms with E-state index in [0.29, 0.717) is 18.2 Å². The summed E-state index contributed by atoms with van der Waals surface area (Å²) < 4.78 is 11.0. The monoisotopic (exact) mass is 440 g/mol. The van der Waals surface area contributed by atoms with Gasteiger partial charge in [0.05, 0.1) is 7.11 Å². The molecule has 2 amide bonds. The van der Waals surface area contributed by atoms with E-state index in [1.165, 1.54) is 5.56 Å². The first kappa shape index (κ1) is 25.2. The van der Waals surface area contributed by atoms with Crippen molar-refractivity contribution in [2.75, 3.05) is 13.7 Å². The predicted molar refractivity (Wildman–Crippen MR) is 127 cm³/mol. The molecule has 0 aliphatic carbocycles. The van der Waals surface area contributed by atoms with Crippen LogP contribution in [0.4, 0.5) is 0 Å². The van der Waals surface area contributed by atoms with Gasteiger partial charge in [0.15, 0.2) is 6.61 Å². The van der Waals surface area contributed by atoms with Crippen LogP contribution >= 0.6 is 0 Å². The van der Waals surface area contributed by atoms with E-state index in [1.807, 2.05) is 62.4 Å². The lowest BCUT2D eigenvalue weighted by Crippen LogP contribution is -2.50. The second-order valence-electron chi connectivity index (χ2n) is 8.38. The molecule has 6 nitrogen and oxygen atoms in total. The summed E-state index contributed by atoms with van der Waals surface area (Å²) in [6.45, 7) is 10.1. The minimum Gasteiger partial charge on any atom is -0.497 e. The second-order valence-corrected chi connectivity index (χ2v) is 8.38. The Balaban J connectivity index is 2.13. The number of rotatable bonds is 11. The highest BCUT2D eigenvalue weighted by molar-refractivity contribution is 5.88. The van der Waals surface area contributed by atoms with Gasteiger partial charge in [-0.05, 0) is 61.6 Å². The van der Waals surface area contributed by atoms with Crippen LogP contribution in [0.1, 0.15) is 58.1 Å². The van der Waals surface area contributed by atoms with Gasteiger partial charge < -0.3 is 19.7 Å². The van der Waals surface area contributed by atoms with Crippen LogP contribution in [0.25, 0.3) is 0 Å². The Morgan fingerprint density at radius 1 is 0.938 bits per heavy atom. The van der Waals surface area contributed by atoms with Crippen molar-refractivity contribution in [2.45, 2.75) is 65.6 Å². The van der Waals surface area contributed by atoms with Crippen LogP contribution in [0.15, 0.2) is 48.5 Å². The summed E-state index contributed by atoms with van der Waals surface area (Å²) in [5.74, 6) is 1.37. The molecule has 6 heteroatoms. The van der Waals surface area contributed by atoms with Gasteiger partial charge in [0.2, 0.25) is 5.91 Å². The molecule has 2 atom stereocenters. The Morgan fingerprint density at radius 3 is 2.06 bits per heavy atom. The number of hydrogen-bond donors (Lipinski definition) is 1. The van der Waals surface area contributed by atoms with Gasteiger partial charge in [-0.25, -0.2) is 0 Å². The smallest absolute Gasteiger partial charge is 0.261 e. The maximum absolute atomic E-state index is 13.1. The molecule has 0 radical (unpaired) electrons. The third kappa shape index (κ3) is 7.29. The molecule has 0 spiro atoms. The Labute approximate surface area is 191 Å². The Hall–Kier alpha value is -3.02. The number of benzene rings is 2. The molecule has 0 saturated heterocycles. The van der Waals surface area contributed by atoms with Crippen LogP contribution in [0.2, 0.25) is 0 Å². The Morgan fingerprint density at radius 2 is 1.53 bits per heavy atom. The molecule has 0 aromatic heterocycles. The van der Waals surface area contributed by atoms with E-state index in [9.17, 15) is 9.59 Å². The first-order valence-electron chi connectivity index (χ1n) is 11.2. The zero-order valence-electron chi connectivity index (χ0n) is 20.1. The second kappa shape index (κ2) is 12.1. The highest BCUT2D eigenvalue weighted by Crippen LogP contribution is 2.19. The summed E-state index contributed by atoms with van der Waals surface area (Å²) in [6, 6.07) is 14.6. The topological polar surface area (TPSA) is 67.9 Å². The number of hydrogen-bond acceptors (Lipinski definition) is 4. The molecule has 0 saturated carbocycles. The predicted octanol–water partition coefficient (Wildman–Crippen LogP) is 4.53. The van der Waals surface area contributed by atoms with E-state index in [4.69, 9.17) is 9.47 Å². The summed E-state index contributed by atoms with van der Waals surface area (Å²) in [7, 11) is 1.61. The lowest BCUT2D eigenvalue weighted by molar-refractivity contribution is -0.142. The van der Waals surface area contributed by atoms with Crippen molar-refractivity contribution in [1.82, 2.24) is 10.2 Å². The molecule has 0 aliphatic rings. The molecular formula is C26H36N2O4. The number of ether oxygens (including phenoxy) is 2. The van der Waals surface area contributed by atoms with E-state index < -0.39 is 6.04 Å².